The maximum absolute atomic E-state index is 10.3. The van der Waals surface area contributed by atoms with Gasteiger partial charge in [-0.2, -0.15) is 0 Å². The molecule has 0 aliphatic carbocycles. The molecule has 0 aliphatic heterocycles. The fourth-order valence-corrected chi connectivity index (χ4v) is 2.84. The number of hydrogen-bond acceptors (Lipinski definition) is 4. The first-order valence-electron chi connectivity index (χ1n) is 7.99. The minimum absolute atomic E-state index is 0.236. The van der Waals surface area contributed by atoms with E-state index in [0.29, 0.717) is 5.88 Å². The molecular formula is C20H22N2O2. The van der Waals surface area contributed by atoms with Crippen LogP contribution in [0.1, 0.15) is 5.56 Å². The smallest absolute Gasteiger partial charge is 0.221 e. The van der Waals surface area contributed by atoms with E-state index in [-0.39, 0.29) is 5.75 Å². The summed E-state index contributed by atoms with van der Waals surface area (Å²) in [4.78, 5) is 6.56. The summed E-state index contributed by atoms with van der Waals surface area (Å²) >= 11 is 0. The molecule has 0 unspecified atom stereocenters. The molecule has 24 heavy (non-hydrogen) atoms. The molecule has 4 heteroatoms. The second-order valence-corrected chi connectivity index (χ2v) is 6.13. The van der Waals surface area contributed by atoms with Crippen molar-refractivity contribution in [2.45, 2.75) is 6.42 Å². The molecule has 0 aliphatic rings. The highest BCUT2D eigenvalue weighted by atomic mass is 16.5. The lowest BCUT2D eigenvalue weighted by Crippen LogP contribution is -2.14. The Kier molecular flexibility index (Phi) is 4.67. The van der Waals surface area contributed by atoms with Crippen LogP contribution in [0, 0.1) is 0 Å². The highest BCUT2D eigenvalue weighted by Gasteiger charge is 2.13. The SMILES string of the molecule is COc1ncc(-c2ccc(CCN(C)C)cc2)c2c(O)cccc12. The molecular weight excluding hydrogens is 300 g/mol. The Balaban J connectivity index is 2.03. The van der Waals surface area contributed by atoms with Crippen molar-refractivity contribution in [1.29, 1.82) is 0 Å². The van der Waals surface area contributed by atoms with Crippen molar-refractivity contribution < 1.29 is 9.84 Å². The van der Waals surface area contributed by atoms with Crippen LogP contribution in [0.3, 0.4) is 0 Å². The van der Waals surface area contributed by atoms with E-state index in [0.717, 1.165) is 34.9 Å². The van der Waals surface area contributed by atoms with E-state index < -0.39 is 0 Å². The fourth-order valence-electron chi connectivity index (χ4n) is 2.84. The molecule has 1 aromatic heterocycles. The highest BCUT2D eigenvalue weighted by molar-refractivity contribution is 6.02. The summed E-state index contributed by atoms with van der Waals surface area (Å²) in [6.07, 6.45) is 2.77. The maximum atomic E-state index is 10.3. The summed E-state index contributed by atoms with van der Waals surface area (Å²) in [5, 5.41) is 11.9. The molecule has 0 saturated heterocycles. The summed E-state index contributed by atoms with van der Waals surface area (Å²) in [5.41, 5.74) is 3.23. The number of likely N-dealkylation sites (N-methyl/N-ethyl adjacent to an activating group) is 1. The standard InChI is InChI=1S/C20H22N2O2/c1-22(2)12-11-14-7-9-15(10-8-14)17-13-21-20(24-3)16-5-4-6-18(23)19(16)17/h4-10,13,23H,11-12H2,1-3H3. The molecule has 4 nitrogen and oxygen atoms in total. The third-order valence-corrected chi connectivity index (χ3v) is 4.16. The predicted octanol–water partition coefficient (Wildman–Crippen LogP) is 3.72. The summed E-state index contributed by atoms with van der Waals surface area (Å²) in [6, 6.07) is 13.8. The number of nitrogens with zero attached hydrogens (tertiary/aromatic N) is 2. The van der Waals surface area contributed by atoms with Gasteiger partial charge in [-0.1, -0.05) is 30.3 Å². The first-order chi connectivity index (χ1) is 11.6. The van der Waals surface area contributed by atoms with Gasteiger partial charge < -0.3 is 14.7 Å². The van der Waals surface area contributed by atoms with Crippen LogP contribution in [-0.4, -0.2) is 42.7 Å². The number of pyridine rings is 1. The quantitative estimate of drug-likeness (QED) is 0.777. The molecule has 0 saturated carbocycles. The van der Waals surface area contributed by atoms with Crippen LogP contribution in [0.2, 0.25) is 0 Å². The Morgan fingerprint density at radius 3 is 2.50 bits per heavy atom. The Labute approximate surface area is 142 Å². The molecule has 1 heterocycles. The molecule has 124 valence electrons. The Hall–Kier alpha value is -2.59. The summed E-state index contributed by atoms with van der Waals surface area (Å²) in [6.45, 7) is 1.02. The number of fused-ring (bicyclic) bond motifs is 1. The van der Waals surface area contributed by atoms with Gasteiger partial charge in [0.15, 0.2) is 0 Å². The van der Waals surface area contributed by atoms with Gasteiger partial charge in [0, 0.05) is 29.1 Å². The van der Waals surface area contributed by atoms with E-state index in [4.69, 9.17) is 4.74 Å². The zero-order chi connectivity index (χ0) is 17.1. The van der Waals surface area contributed by atoms with E-state index in [2.05, 4.69) is 48.2 Å². The monoisotopic (exact) mass is 322 g/mol. The van der Waals surface area contributed by atoms with E-state index in [1.165, 1.54) is 5.56 Å². The predicted molar refractivity (Wildman–Crippen MR) is 97.7 cm³/mol. The zero-order valence-electron chi connectivity index (χ0n) is 14.3. The number of ether oxygens (including phenoxy) is 1. The Morgan fingerprint density at radius 1 is 1.08 bits per heavy atom. The van der Waals surface area contributed by atoms with Crippen LogP contribution in [-0.2, 0) is 6.42 Å². The van der Waals surface area contributed by atoms with Crippen molar-refractivity contribution in [3.05, 3.63) is 54.2 Å². The van der Waals surface area contributed by atoms with Crippen LogP contribution in [0.5, 0.6) is 11.6 Å². The normalized spacial score (nSPS) is 11.2. The van der Waals surface area contributed by atoms with Gasteiger partial charge in [-0.05, 0) is 43.8 Å². The molecule has 0 atom stereocenters. The molecule has 0 bridgehead atoms. The second-order valence-electron chi connectivity index (χ2n) is 6.13. The third kappa shape index (κ3) is 3.19. The van der Waals surface area contributed by atoms with E-state index >= 15 is 0 Å². The van der Waals surface area contributed by atoms with Gasteiger partial charge in [-0.15, -0.1) is 0 Å². The van der Waals surface area contributed by atoms with E-state index in [1.54, 1.807) is 25.4 Å². The topological polar surface area (TPSA) is 45.6 Å². The number of phenols is 1. The van der Waals surface area contributed by atoms with Crippen LogP contribution in [0.25, 0.3) is 21.9 Å². The van der Waals surface area contributed by atoms with Crippen molar-refractivity contribution in [1.82, 2.24) is 9.88 Å². The van der Waals surface area contributed by atoms with Crippen molar-refractivity contribution >= 4 is 10.8 Å². The van der Waals surface area contributed by atoms with Crippen LogP contribution in [0.4, 0.5) is 0 Å². The second kappa shape index (κ2) is 6.89. The van der Waals surface area contributed by atoms with Gasteiger partial charge in [-0.3, -0.25) is 0 Å². The first-order valence-corrected chi connectivity index (χ1v) is 7.99. The third-order valence-electron chi connectivity index (χ3n) is 4.16. The van der Waals surface area contributed by atoms with Gasteiger partial charge in [0.1, 0.15) is 5.75 Å². The first kappa shape index (κ1) is 16.3. The number of hydrogen-bond donors (Lipinski definition) is 1. The molecule has 0 spiro atoms. The number of methoxy groups -OCH3 is 1. The molecule has 1 N–H and O–H groups in total. The van der Waals surface area contributed by atoms with Crippen molar-refractivity contribution in [3.8, 4) is 22.8 Å². The fraction of sp³-hybridized carbons (Fsp3) is 0.250. The summed E-state index contributed by atoms with van der Waals surface area (Å²) in [5.74, 6) is 0.757. The van der Waals surface area contributed by atoms with Gasteiger partial charge in [0.25, 0.3) is 0 Å². The molecule has 0 amide bonds. The number of rotatable bonds is 5. The zero-order valence-corrected chi connectivity index (χ0v) is 14.3. The lowest BCUT2D eigenvalue weighted by Gasteiger charge is -2.12. The van der Waals surface area contributed by atoms with Crippen LogP contribution in [0.15, 0.2) is 48.7 Å². The summed E-state index contributed by atoms with van der Waals surface area (Å²) in [7, 11) is 5.74. The molecule has 0 radical (unpaired) electrons. The van der Waals surface area contributed by atoms with E-state index in [9.17, 15) is 5.11 Å². The van der Waals surface area contributed by atoms with Crippen molar-refractivity contribution in [3.63, 3.8) is 0 Å². The lowest BCUT2D eigenvalue weighted by molar-refractivity contribution is 0.403. The molecule has 2 aromatic carbocycles. The minimum Gasteiger partial charge on any atom is -0.507 e. The molecule has 3 aromatic rings. The van der Waals surface area contributed by atoms with Gasteiger partial charge >= 0.3 is 0 Å². The van der Waals surface area contributed by atoms with Crippen molar-refractivity contribution in [2.75, 3.05) is 27.7 Å². The highest BCUT2D eigenvalue weighted by Crippen LogP contribution is 2.37. The lowest BCUT2D eigenvalue weighted by atomic mass is 9.98. The Morgan fingerprint density at radius 2 is 1.83 bits per heavy atom. The Bertz CT molecular complexity index is 842. The molecule has 3 rings (SSSR count). The largest absolute Gasteiger partial charge is 0.507 e. The van der Waals surface area contributed by atoms with Crippen LogP contribution < -0.4 is 4.74 Å². The minimum atomic E-state index is 0.236. The van der Waals surface area contributed by atoms with Gasteiger partial charge in [0.2, 0.25) is 5.88 Å². The molecule has 0 fully saturated rings. The summed E-state index contributed by atoms with van der Waals surface area (Å²) < 4.78 is 5.32. The van der Waals surface area contributed by atoms with Crippen LogP contribution >= 0.6 is 0 Å². The number of benzene rings is 2. The average Bonchev–Trinajstić information content (AvgIpc) is 2.60. The number of aromatic nitrogens is 1. The number of aromatic hydroxyl groups is 1. The maximum Gasteiger partial charge on any atom is 0.221 e. The van der Waals surface area contributed by atoms with Gasteiger partial charge in [-0.25, -0.2) is 4.98 Å². The van der Waals surface area contributed by atoms with Gasteiger partial charge in [0.05, 0.1) is 7.11 Å². The van der Waals surface area contributed by atoms with Crippen molar-refractivity contribution in [2.24, 2.45) is 0 Å². The average molecular weight is 322 g/mol. The number of phenolic OH excluding ortho intramolecular Hbond substituents is 1. The van der Waals surface area contributed by atoms with E-state index in [1.807, 2.05) is 6.07 Å².